The lowest BCUT2D eigenvalue weighted by Crippen LogP contribution is -2.16. The van der Waals surface area contributed by atoms with Gasteiger partial charge in [0.1, 0.15) is 0 Å². The molecule has 3 heteroatoms. The lowest BCUT2D eigenvalue weighted by Gasteiger charge is -2.10. The van der Waals surface area contributed by atoms with E-state index in [0.717, 1.165) is 29.5 Å². The fraction of sp³-hybridized carbons (Fsp3) is 0.588. The van der Waals surface area contributed by atoms with E-state index in [1.165, 1.54) is 96.3 Å². The van der Waals surface area contributed by atoms with Gasteiger partial charge in [-0.2, -0.15) is 0 Å². The van der Waals surface area contributed by atoms with E-state index < -0.39 is 5.78 Å². The van der Waals surface area contributed by atoms with E-state index in [1.54, 1.807) is 12.1 Å². The molecule has 0 saturated heterocycles. The first kappa shape index (κ1) is 32.8. The number of unbranched alkanes of at least 4 members (excludes halogenated alkanes) is 15. The number of ketones is 2. The van der Waals surface area contributed by atoms with Crippen LogP contribution < -0.4 is 6.15 Å². The van der Waals surface area contributed by atoms with Crippen molar-refractivity contribution in [2.45, 2.75) is 130 Å². The first-order valence-corrected chi connectivity index (χ1v) is 14.8. The lowest BCUT2D eigenvalue weighted by atomic mass is 9.93. The van der Waals surface area contributed by atoms with Crippen LogP contribution >= 0.6 is 0 Å². The largest absolute Gasteiger partial charge is 0.344 e. The number of hydrogen-bond donors (Lipinski definition) is 1. The van der Waals surface area contributed by atoms with E-state index >= 15 is 0 Å². The normalized spacial score (nSPS) is 10.8. The molecule has 0 aliphatic carbocycles. The molecule has 2 aromatic carbocycles. The monoisotopic (exact) mass is 507 g/mol. The minimum atomic E-state index is -0.410. The molecule has 0 radical (unpaired) electrons. The number of rotatable bonds is 20. The van der Waals surface area contributed by atoms with Crippen LogP contribution in [-0.4, -0.2) is 11.6 Å². The molecule has 0 aliphatic heterocycles. The van der Waals surface area contributed by atoms with Gasteiger partial charge in [-0.3, -0.25) is 9.59 Å². The Balaban J connectivity index is 0.00000684. The second-order valence-electron chi connectivity index (χ2n) is 10.7. The van der Waals surface area contributed by atoms with Crippen molar-refractivity contribution >= 4 is 11.6 Å². The molecule has 0 amide bonds. The predicted octanol–water partition coefficient (Wildman–Crippen LogP) is 10.3. The Labute approximate surface area is 227 Å². The van der Waals surface area contributed by atoms with Gasteiger partial charge in [0.25, 0.3) is 0 Å². The highest BCUT2D eigenvalue weighted by atomic mass is 16.2. The number of benzene rings is 2. The van der Waals surface area contributed by atoms with Crippen LogP contribution in [0.2, 0.25) is 0 Å². The van der Waals surface area contributed by atoms with Gasteiger partial charge in [-0.1, -0.05) is 157 Å². The van der Waals surface area contributed by atoms with Crippen LogP contribution in [-0.2, 0) is 6.42 Å². The van der Waals surface area contributed by atoms with Crippen molar-refractivity contribution < 1.29 is 9.59 Å². The zero-order valence-corrected chi connectivity index (χ0v) is 24.1. The van der Waals surface area contributed by atoms with E-state index in [1.807, 2.05) is 38.1 Å². The minimum Gasteiger partial charge on any atom is -0.344 e. The summed E-state index contributed by atoms with van der Waals surface area (Å²) in [6.07, 6.45) is 22.5. The minimum absolute atomic E-state index is 0. The summed E-state index contributed by atoms with van der Waals surface area (Å²) < 4.78 is 0. The summed E-state index contributed by atoms with van der Waals surface area (Å²) in [6, 6.07) is 13.1. The fourth-order valence-corrected chi connectivity index (χ4v) is 4.97. The van der Waals surface area contributed by atoms with E-state index in [9.17, 15) is 9.59 Å². The van der Waals surface area contributed by atoms with Gasteiger partial charge in [0.2, 0.25) is 11.6 Å². The summed E-state index contributed by atoms with van der Waals surface area (Å²) in [5.74, 6) is -0.794. The van der Waals surface area contributed by atoms with Crippen molar-refractivity contribution in [2.24, 2.45) is 0 Å². The lowest BCUT2D eigenvalue weighted by molar-refractivity contribution is 0.0816. The molecule has 0 fully saturated rings. The molecule has 0 aliphatic rings. The van der Waals surface area contributed by atoms with Crippen LogP contribution in [0, 0.1) is 13.8 Å². The first-order chi connectivity index (χ1) is 17.5. The standard InChI is InChI=1S/C34H50O2.H3N/c1-4-5-6-7-8-9-10-11-12-13-14-15-16-17-18-19-20-31-27-29(3)23-26-32(31)34(36)33(35)30-24-21-28(2)22-25-30;/h21-27H,4-20H2,1-3H3;1H3. The molecule has 2 rings (SSSR count). The van der Waals surface area contributed by atoms with Crippen LogP contribution in [0.5, 0.6) is 0 Å². The summed E-state index contributed by atoms with van der Waals surface area (Å²) in [4.78, 5) is 25.8. The molecule has 0 atom stereocenters. The highest BCUT2D eigenvalue weighted by Gasteiger charge is 2.21. The highest BCUT2D eigenvalue weighted by Crippen LogP contribution is 2.19. The quantitative estimate of drug-likeness (QED) is 0.110. The highest BCUT2D eigenvalue weighted by molar-refractivity contribution is 6.49. The summed E-state index contributed by atoms with van der Waals surface area (Å²) in [7, 11) is 0. The Bertz CT molecular complexity index is 901. The van der Waals surface area contributed by atoms with Crippen molar-refractivity contribution in [1.82, 2.24) is 6.15 Å². The van der Waals surface area contributed by atoms with Crippen molar-refractivity contribution in [3.8, 4) is 0 Å². The molecular formula is C34H53NO2. The summed E-state index contributed by atoms with van der Waals surface area (Å²) in [5.41, 5.74) is 4.29. The predicted molar refractivity (Wildman–Crippen MR) is 159 cm³/mol. The zero-order chi connectivity index (χ0) is 26.0. The number of aryl methyl sites for hydroxylation is 3. The topological polar surface area (TPSA) is 69.1 Å². The van der Waals surface area contributed by atoms with Gasteiger partial charge in [-0.15, -0.1) is 0 Å². The van der Waals surface area contributed by atoms with Gasteiger partial charge >= 0.3 is 0 Å². The van der Waals surface area contributed by atoms with Gasteiger partial charge in [0.15, 0.2) is 0 Å². The van der Waals surface area contributed by atoms with E-state index in [2.05, 4.69) is 13.0 Å². The van der Waals surface area contributed by atoms with Gasteiger partial charge in [0.05, 0.1) is 0 Å². The van der Waals surface area contributed by atoms with E-state index in [0.29, 0.717) is 11.1 Å². The second kappa shape index (κ2) is 19.8. The molecular weight excluding hydrogens is 454 g/mol. The molecule has 206 valence electrons. The van der Waals surface area contributed by atoms with Crippen molar-refractivity contribution in [1.29, 1.82) is 0 Å². The molecule has 2 aromatic rings. The third-order valence-corrected chi connectivity index (χ3v) is 7.33. The SMILES string of the molecule is CCCCCCCCCCCCCCCCCCc1cc(C)ccc1C(=O)C(=O)c1ccc(C)cc1.N. The maximum Gasteiger partial charge on any atom is 0.233 e. The number of carbonyl (C=O) groups excluding carboxylic acids is 2. The van der Waals surface area contributed by atoms with Crippen LogP contribution in [0.25, 0.3) is 0 Å². The Hall–Kier alpha value is -2.26. The van der Waals surface area contributed by atoms with Crippen LogP contribution in [0.4, 0.5) is 0 Å². The molecule has 0 unspecified atom stereocenters. The molecule has 0 bridgehead atoms. The summed E-state index contributed by atoms with van der Waals surface area (Å²) in [5, 5.41) is 0. The smallest absolute Gasteiger partial charge is 0.233 e. The Kier molecular flexibility index (Phi) is 17.5. The number of carbonyl (C=O) groups is 2. The molecule has 0 aromatic heterocycles. The van der Waals surface area contributed by atoms with Crippen molar-refractivity contribution in [3.63, 3.8) is 0 Å². The van der Waals surface area contributed by atoms with E-state index in [4.69, 9.17) is 0 Å². The van der Waals surface area contributed by atoms with Crippen molar-refractivity contribution in [2.75, 3.05) is 0 Å². The average Bonchev–Trinajstić information content (AvgIpc) is 2.88. The molecule has 0 heterocycles. The third-order valence-electron chi connectivity index (χ3n) is 7.33. The maximum absolute atomic E-state index is 13.0. The van der Waals surface area contributed by atoms with Crippen LogP contribution in [0.1, 0.15) is 147 Å². The summed E-state index contributed by atoms with van der Waals surface area (Å²) in [6.45, 7) is 6.31. The van der Waals surface area contributed by atoms with Gasteiger partial charge in [-0.25, -0.2) is 0 Å². The summed E-state index contributed by atoms with van der Waals surface area (Å²) >= 11 is 0. The van der Waals surface area contributed by atoms with Gasteiger partial charge in [-0.05, 0) is 32.3 Å². The van der Waals surface area contributed by atoms with Crippen LogP contribution in [0.15, 0.2) is 42.5 Å². The molecule has 37 heavy (non-hydrogen) atoms. The second-order valence-corrected chi connectivity index (χ2v) is 10.7. The molecule has 3 N–H and O–H groups in total. The third kappa shape index (κ3) is 13.2. The van der Waals surface area contributed by atoms with Crippen LogP contribution in [0.3, 0.4) is 0 Å². The van der Waals surface area contributed by atoms with Gasteiger partial charge in [0, 0.05) is 11.1 Å². The van der Waals surface area contributed by atoms with Crippen molar-refractivity contribution in [3.05, 3.63) is 70.3 Å². The number of Topliss-reactive ketones (excluding diaryl/α,β-unsaturated/α-hetero) is 2. The van der Waals surface area contributed by atoms with Gasteiger partial charge < -0.3 is 6.15 Å². The maximum atomic E-state index is 13.0. The Morgan fingerprint density at radius 1 is 0.541 bits per heavy atom. The fourth-order valence-electron chi connectivity index (χ4n) is 4.97. The number of hydrogen-bond acceptors (Lipinski definition) is 3. The molecule has 3 nitrogen and oxygen atoms in total. The van der Waals surface area contributed by atoms with E-state index in [-0.39, 0.29) is 11.9 Å². The average molecular weight is 508 g/mol. The zero-order valence-electron chi connectivity index (χ0n) is 24.1. The Morgan fingerprint density at radius 3 is 1.46 bits per heavy atom. The Morgan fingerprint density at radius 2 is 0.973 bits per heavy atom. The molecule has 0 saturated carbocycles. The molecule has 0 spiro atoms. The first-order valence-electron chi connectivity index (χ1n) is 14.8.